The van der Waals surface area contributed by atoms with E-state index in [1.807, 2.05) is 0 Å². The van der Waals surface area contributed by atoms with Crippen LogP contribution in [0.15, 0.2) is 78.9 Å². The standard InChI is InChI=1S/C24H15N/c1-3-7-17-15(5-1)9-11-23-21(17)14-22-20-13-16-6-2-4-8-18(16)19(20)10-12-24(22)25-23/h1-12,14H,13H2. The van der Waals surface area contributed by atoms with Crippen LogP contribution in [0.3, 0.4) is 0 Å². The van der Waals surface area contributed by atoms with Crippen molar-refractivity contribution in [1.82, 2.24) is 4.98 Å². The minimum Gasteiger partial charge on any atom is -0.248 e. The number of pyridine rings is 1. The second kappa shape index (κ2) is 4.67. The third kappa shape index (κ3) is 1.75. The molecular weight excluding hydrogens is 302 g/mol. The molecule has 0 radical (unpaired) electrons. The average Bonchev–Trinajstić information content (AvgIpc) is 3.05. The highest BCUT2D eigenvalue weighted by atomic mass is 14.7. The van der Waals surface area contributed by atoms with Crippen molar-refractivity contribution in [2.75, 3.05) is 0 Å². The fourth-order valence-electron chi connectivity index (χ4n) is 4.29. The van der Waals surface area contributed by atoms with Crippen LogP contribution < -0.4 is 0 Å². The highest BCUT2D eigenvalue weighted by molar-refractivity contribution is 6.10. The van der Waals surface area contributed by atoms with Gasteiger partial charge in [-0.25, -0.2) is 4.98 Å². The molecule has 4 aromatic carbocycles. The Morgan fingerprint density at radius 2 is 1.40 bits per heavy atom. The molecule has 0 saturated carbocycles. The van der Waals surface area contributed by atoms with E-state index in [9.17, 15) is 0 Å². The number of benzene rings is 4. The number of nitrogens with zero attached hydrogens (tertiary/aromatic N) is 1. The molecule has 0 unspecified atom stereocenters. The number of fused-ring (bicyclic) bond motifs is 8. The molecule has 0 atom stereocenters. The van der Waals surface area contributed by atoms with Gasteiger partial charge in [-0.1, -0.05) is 60.7 Å². The van der Waals surface area contributed by atoms with Crippen LogP contribution in [0.25, 0.3) is 43.7 Å². The van der Waals surface area contributed by atoms with Gasteiger partial charge in [0.1, 0.15) is 0 Å². The lowest BCUT2D eigenvalue weighted by Crippen LogP contribution is -1.89. The van der Waals surface area contributed by atoms with Gasteiger partial charge in [0.15, 0.2) is 0 Å². The lowest BCUT2D eigenvalue weighted by atomic mass is 9.98. The van der Waals surface area contributed by atoms with Crippen molar-refractivity contribution in [3.05, 3.63) is 90.0 Å². The number of rotatable bonds is 0. The first-order valence-corrected chi connectivity index (χ1v) is 8.71. The van der Waals surface area contributed by atoms with Gasteiger partial charge in [0.2, 0.25) is 0 Å². The molecule has 1 aromatic heterocycles. The Hall–Kier alpha value is -3.19. The van der Waals surface area contributed by atoms with E-state index in [1.54, 1.807) is 0 Å². The number of hydrogen-bond donors (Lipinski definition) is 0. The summed E-state index contributed by atoms with van der Waals surface area (Å²) in [5, 5.41) is 5.09. The van der Waals surface area contributed by atoms with Crippen LogP contribution in [-0.2, 0) is 6.42 Å². The van der Waals surface area contributed by atoms with Crippen molar-refractivity contribution in [2.24, 2.45) is 0 Å². The summed E-state index contributed by atoms with van der Waals surface area (Å²) >= 11 is 0. The van der Waals surface area contributed by atoms with Gasteiger partial charge < -0.3 is 0 Å². The van der Waals surface area contributed by atoms with E-state index in [4.69, 9.17) is 4.98 Å². The number of hydrogen-bond acceptors (Lipinski definition) is 1. The quantitative estimate of drug-likeness (QED) is 0.243. The Morgan fingerprint density at radius 1 is 0.600 bits per heavy atom. The van der Waals surface area contributed by atoms with E-state index in [0.29, 0.717) is 0 Å². The van der Waals surface area contributed by atoms with Crippen LogP contribution in [0.1, 0.15) is 11.1 Å². The van der Waals surface area contributed by atoms with E-state index < -0.39 is 0 Å². The summed E-state index contributed by atoms with van der Waals surface area (Å²) in [5.41, 5.74) is 7.74. The second-order valence-corrected chi connectivity index (χ2v) is 6.83. The summed E-state index contributed by atoms with van der Waals surface area (Å²) in [7, 11) is 0. The molecule has 1 nitrogen and oxygen atoms in total. The molecule has 6 rings (SSSR count). The maximum Gasteiger partial charge on any atom is 0.0716 e. The van der Waals surface area contributed by atoms with E-state index in [2.05, 4.69) is 78.9 Å². The fourth-order valence-corrected chi connectivity index (χ4v) is 4.29. The summed E-state index contributed by atoms with van der Waals surface area (Å²) in [6, 6.07) is 28.4. The Morgan fingerprint density at radius 3 is 2.40 bits per heavy atom. The van der Waals surface area contributed by atoms with Crippen molar-refractivity contribution in [3.8, 4) is 11.1 Å². The van der Waals surface area contributed by atoms with Gasteiger partial charge in [0.05, 0.1) is 11.0 Å². The largest absolute Gasteiger partial charge is 0.248 e. The summed E-state index contributed by atoms with van der Waals surface area (Å²) in [5.74, 6) is 0. The van der Waals surface area contributed by atoms with Crippen LogP contribution in [0.5, 0.6) is 0 Å². The molecule has 1 heterocycles. The molecule has 1 heteroatoms. The summed E-state index contributed by atoms with van der Waals surface area (Å²) in [4.78, 5) is 4.97. The van der Waals surface area contributed by atoms with Gasteiger partial charge in [-0.3, -0.25) is 0 Å². The molecule has 25 heavy (non-hydrogen) atoms. The monoisotopic (exact) mass is 317 g/mol. The van der Waals surface area contributed by atoms with Crippen molar-refractivity contribution in [3.63, 3.8) is 0 Å². The summed E-state index contributed by atoms with van der Waals surface area (Å²) in [6.07, 6.45) is 1.00. The second-order valence-electron chi connectivity index (χ2n) is 6.83. The van der Waals surface area contributed by atoms with E-state index in [-0.39, 0.29) is 0 Å². The first-order chi connectivity index (χ1) is 12.4. The molecule has 0 fully saturated rings. The maximum atomic E-state index is 4.97. The fraction of sp³-hybridized carbons (Fsp3) is 0.0417. The van der Waals surface area contributed by atoms with Crippen molar-refractivity contribution in [2.45, 2.75) is 6.42 Å². The Labute approximate surface area is 145 Å². The lowest BCUT2D eigenvalue weighted by Gasteiger charge is -2.09. The molecule has 0 N–H and O–H groups in total. The first-order valence-electron chi connectivity index (χ1n) is 8.71. The normalized spacial score (nSPS) is 12.6. The van der Waals surface area contributed by atoms with Gasteiger partial charge in [0.25, 0.3) is 0 Å². The van der Waals surface area contributed by atoms with Gasteiger partial charge >= 0.3 is 0 Å². The molecule has 0 aliphatic heterocycles. The zero-order chi connectivity index (χ0) is 16.4. The number of aromatic nitrogens is 1. The third-order valence-corrected chi connectivity index (χ3v) is 5.49. The molecule has 1 aliphatic rings. The topological polar surface area (TPSA) is 12.9 Å². The van der Waals surface area contributed by atoms with Gasteiger partial charge in [-0.15, -0.1) is 0 Å². The molecular formula is C24H15N. The van der Waals surface area contributed by atoms with Crippen LogP contribution >= 0.6 is 0 Å². The minimum absolute atomic E-state index is 1.00. The van der Waals surface area contributed by atoms with Crippen LogP contribution in [0.2, 0.25) is 0 Å². The minimum atomic E-state index is 1.00. The van der Waals surface area contributed by atoms with Gasteiger partial charge in [-0.05, 0) is 57.6 Å². The van der Waals surface area contributed by atoms with Crippen LogP contribution in [0.4, 0.5) is 0 Å². The predicted molar refractivity (Wildman–Crippen MR) is 105 cm³/mol. The maximum absolute atomic E-state index is 4.97. The zero-order valence-corrected chi connectivity index (χ0v) is 13.7. The SMILES string of the molecule is c1ccc2c(c1)Cc1c-2ccc2nc3ccc4ccccc4c3cc12. The predicted octanol–water partition coefficient (Wildman–Crippen LogP) is 6.11. The Bertz CT molecular complexity index is 1310. The Balaban J connectivity index is 1.75. The Kier molecular flexibility index (Phi) is 2.46. The smallest absolute Gasteiger partial charge is 0.0716 e. The third-order valence-electron chi connectivity index (χ3n) is 5.49. The molecule has 0 spiro atoms. The van der Waals surface area contributed by atoms with Crippen molar-refractivity contribution < 1.29 is 0 Å². The first kappa shape index (κ1) is 13.1. The van der Waals surface area contributed by atoms with E-state index in [0.717, 1.165) is 17.5 Å². The van der Waals surface area contributed by atoms with Crippen molar-refractivity contribution in [1.29, 1.82) is 0 Å². The van der Waals surface area contributed by atoms with E-state index in [1.165, 1.54) is 43.8 Å². The molecule has 0 saturated heterocycles. The highest BCUT2D eigenvalue weighted by Crippen LogP contribution is 2.41. The van der Waals surface area contributed by atoms with Crippen LogP contribution in [0, 0.1) is 0 Å². The van der Waals surface area contributed by atoms with Crippen LogP contribution in [-0.4, -0.2) is 4.98 Å². The zero-order valence-electron chi connectivity index (χ0n) is 13.7. The van der Waals surface area contributed by atoms with Gasteiger partial charge in [-0.2, -0.15) is 0 Å². The van der Waals surface area contributed by atoms with Crippen molar-refractivity contribution >= 4 is 32.6 Å². The van der Waals surface area contributed by atoms with E-state index >= 15 is 0 Å². The lowest BCUT2D eigenvalue weighted by molar-refractivity contribution is 1.28. The molecule has 1 aliphatic carbocycles. The summed E-state index contributed by atoms with van der Waals surface area (Å²) < 4.78 is 0. The highest BCUT2D eigenvalue weighted by Gasteiger charge is 2.20. The molecule has 0 amide bonds. The summed E-state index contributed by atoms with van der Waals surface area (Å²) in [6.45, 7) is 0. The molecule has 5 aromatic rings. The molecule has 0 bridgehead atoms. The van der Waals surface area contributed by atoms with Gasteiger partial charge in [0, 0.05) is 10.8 Å². The molecule has 116 valence electrons. The average molecular weight is 317 g/mol.